The Labute approximate surface area is 161 Å². The van der Waals surface area contributed by atoms with E-state index in [0.29, 0.717) is 25.6 Å². The van der Waals surface area contributed by atoms with Gasteiger partial charge in [0, 0.05) is 42.6 Å². The average Bonchev–Trinajstić information content (AvgIpc) is 3.22. The molecule has 0 atom stereocenters. The molecule has 0 aliphatic carbocycles. The third-order valence-electron chi connectivity index (χ3n) is 4.18. The van der Waals surface area contributed by atoms with Crippen LogP contribution in [0.5, 0.6) is 0 Å². The number of aryl methyl sites for hydroxylation is 1. The van der Waals surface area contributed by atoms with Gasteiger partial charge in [-0.15, -0.1) is 11.3 Å². The molecule has 0 amide bonds. The van der Waals surface area contributed by atoms with Gasteiger partial charge >= 0.3 is 0 Å². The largest absolute Gasteiger partial charge is 0.378 e. The molecule has 0 aromatic carbocycles. The lowest BCUT2D eigenvalue weighted by Crippen LogP contribution is -2.37. The summed E-state index contributed by atoms with van der Waals surface area (Å²) in [6.45, 7) is 5.75. The molecule has 1 N–H and O–H groups in total. The lowest BCUT2D eigenvalue weighted by atomic mass is 10.3. The SMILES string of the molecule is CCc1cc(NCc2csc(-c3ncccn3)n2)nc(N2CCOCC2)n1. The highest BCUT2D eigenvalue weighted by Crippen LogP contribution is 2.21. The van der Waals surface area contributed by atoms with Crippen molar-refractivity contribution in [3.63, 3.8) is 0 Å². The number of rotatable bonds is 6. The highest BCUT2D eigenvalue weighted by Gasteiger charge is 2.15. The van der Waals surface area contributed by atoms with E-state index in [4.69, 9.17) is 4.74 Å². The topological polar surface area (TPSA) is 89.0 Å². The third-order valence-corrected chi connectivity index (χ3v) is 5.07. The molecule has 27 heavy (non-hydrogen) atoms. The molecule has 9 heteroatoms. The molecule has 8 nitrogen and oxygen atoms in total. The minimum absolute atomic E-state index is 0.589. The summed E-state index contributed by atoms with van der Waals surface area (Å²) in [4.78, 5) is 24.6. The number of nitrogens with one attached hydrogen (secondary N) is 1. The molecule has 3 aromatic rings. The van der Waals surface area contributed by atoms with Crippen LogP contribution in [0.3, 0.4) is 0 Å². The summed E-state index contributed by atoms with van der Waals surface area (Å²) in [7, 11) is 0. The van der Waals surface area contributed by atoms with Crippen molar-refractivity contribution in [1.82, 2.24) is 24.9 Å². The Morgan fingerprint density at radius 2 is 1.93 bits per heavy atom. The van der Waals surface area contributed by atoms with Crippen LogP contribution in [0.1, 0.15) is 18.3 Å². The summed E-state index contributed by atoms with van der Waals surface area (Å²) < 4.78 is 5.42. The fraction of sp³-hybridized carbons (Fsp3) is 0.389. The van der Waals surface area contributed by atoms with Crippen molar-refractivity contribution in [2.75, 3.05) is 36.5 Å². The monoisotopic (exact) mass is 383 g/mol. The average molecular weight is 383 g/mol. The lowest BCUT2D eigenvalue weighted by Gasteiger charge is -2.27. The Balaban J connectivity index is 1.47. The normalized spacial score (nSPS) is 14.3. The molecule has 0 bridgehead atoms. The number of hydrogen-bond acceptors (Lipinski definition) is 9. The second-order valence-corrected chi connectivity index (χ2v) is 6.93. The number of ether oxygens (including phenoxy) is 1. The van der Waals surface area contributed by atoms with Crippen molar-refractivity contribution < 1.29 is 4.74 Å². The van der Waals surface area contributed by atoms with Crippen LogP contribution in [-0.2, 0) is 17.7 Å². The van der Waals surface area contributed by atoms with E-state index in [9.17, 15) is 0 Å². The third kappa shape index (κ3) is 4.37. The number of thiazole rings is 1. The maximum atomic E-state index is 5.42. The fourth-order valence-corrected chi connectivity index (χ4v) is 3.51. The van der Waals surface area contributed by atoms with E-state index in [2.05, 4.69) is 42.1 Å². The van der Waals surface area contributed by atoms with Crippen molar-refractivity contribution >= 4 is 23.1 Å². The summed E-state index contributed by atoms with van der Waals surface area (Å²) in [5.41, 5.74) is 1.96. The van der Waals surface area contributed by atoms with Gasteiger partial charge < -0.3 is 15.0 Å². The molecular formula is C18H21N7OS. The number of morpholine rings is 1. The number of aromatic nitrogens is 5. The first kappa shape index (κ1) is 17.7. The molecule has 4 heterocycles. The van der Waals surface area contributed by atoms with E-state index in [1.54, 1.807) is 29.8 Å². The van der Waals surface area contributed by atoms with Gasteiger partial charge in [0.05, 0.1) is 25.5 Å². The molecule has 140 valence electrons. The Bertz CT molecular complexity index is 880. The van der Waals surface area contributed by atoms with Gasteiger partial charge in [0.25, 0.3) is 0 Å². The van der Waals surface area contributed by atoms with Crippen LogP contribution in [0, 0.1) is 0 Å². The highest BCUT2D eigenvalue weighted by atomic mass is 32.1. The van der Waals surface area contributed by atoms with Crippen LogP contribution in [0.15, 0.2) is 29.9 Å². The van der Waals surface area contributed by atoms with Crippen LogP contribution in [-0.4, -0.2) is 51.2 Å². The number of hydrogen-bond donors (Lipinski definition) is 1. The van der Waals surface area contributed by atoms with Gasteiger partial charge in [-0.1, -0.05) is 6.92 Å². The van der Waals surface area contributed by atoms with Crippen molar-refractivity contribution in [1.29, 1.82) is 0 Å². The van der Waals surface area contributed by atoms with E-state index in [0.717, 1.165) is 47.7 Å². The van der Waals surface area contributed by atoms with E-state index < -0.39 is 0 Å². The van der Waals surface area contributed by atoms with Crippen molar-refractivity contribution in [3.05, 3.63) is 41.3 Å². The number of anilines is 2. The predicted octanol–water partition coefficient (Wildman–Crippen LogP) is 2.40. The van der Waals surface area contributed by atoms with E-state index in [1.807, 2.05) is 11.4 Å². The van der Waals surface area contributed by atoms with E-state index in [-0.39, 0.29) is 0 Å². The van der Waals surface area contributed by atoms with Gasteiger partial charge in [0.2, 0.25) is 5.95 Å². The minimum atomic E-state index is 0.589. The number of nitrogens with zero attached hydrogens (tertiary/aromatic N) is 6. The molecule has 3 aromatic heterocycles. The molecule has 1 aliphatic heterocycles. The highest BCUT2D eigenvalue weighted by molar-refractivity contribution is 7.13. The Hall–Kier alpha value is -2.65. The zero-order valence-electron chi connectivity index (χ0n) is 15.1. The first-order valence-electron chi connectivity index (χ1n) is 8.98. The Morgan fingerprint density at radius 1 is 1.11 bits per heavy atom. The van der Waals surface area contributed by atoms with Crippen LogP contribution < -0.4 is 10.2 Å². The van der Waals surface area contributed by atoms with Crippen LogP contribution in [0.2, 0.25) is 0 Å². The summed E-state index contributed by atoms with van der Waals surface area (Å²) in [5, 5.41) is 6.21. The maximum Gasteiger partial charge on any atom is 0.227 e. The van der Waals surface area contributed by atoms with Gasteiger partial charge in [-0.25, -0.2) is 19.9 Å². The Morgan fingerprint density at radius 3 is 2.70 bits per heavy atom. The predicted molar refractivity (Wildman–Crippen MR) is 105 cm³/mol. The minimum Gasteiger partial charge on any atom is -0.378 e. The van der Waals surface area contributed by atoms with Crippen molar-refractivity contribution in [2.24, 2.45) is 0 Å². The molecule has 4 rings (SSSR count). The lowest BCUT2D eigenvalue weighted by molar-refractivity contribution is 0.122. The molecule has 1 saturated heterocycles. The van der Waals surface area contributed by atoms with E-state index in [1.165, 1.54) is 0 Å². The maximum absolute atomic E-state index is 5.42. The zero-order valence-corrected chi connectivity index (χ0v) is 15.9. The van der Waals surface area contributed by atoms with Crippen LogP contribution in [0.25, 0.3) is 10.8 Å². The summed E-state index contributed by atoms with van der Waals surface area (Å²) in [6, 6.07) is 3.80. The van der Waals surface area contributed by atoms with Crippen molar-refractivity contribution in [2.45, 2.75) is 19.9 Å². The quantitative estimate of drug-likeness (QED) is 0.694. The molecule has 1 aliphatic rings. The molecule has 0 saturated carbocycles. The van der Waals surface area contributed by atoms with Crippen LogP contribution in [0.4, 0.5) is 11.8 Å². The summed E-state index contributed by atoms with van der Waals surface area (Å²) in [5.74, 6) is 2.23. The van der Waals surface area contributed by atoms with Crippen LogP contribution >= 0.6 is 11.3 Å². The summed E-state index contributed by atoms with van der Waals surface area (Å²) in [6.07, 6.45) is 4.31. The summed E-state index contributed by atoms with van der Waals surface area (Å²) >= 11 is 1.54. The second-order valence-electron chi connectivity index (χ2n) is 6.07. The van der Waals surface area contributed by atoms with E-state index >= 15 is 0 Å². The standard InChI is InChI=1S/C18H21N7OS/c1-2-13-10-15(24-18(23-13)25-6-8-26-9-7-25)21-11-14-12-27-17(22-14)16-19-4-3-5-20-16/h3-5,10,12H,2,6-9,11H2,1H3,(H,21,23,24). The zero-order chi connectivity index (χ0) is 18.5. The van der Waals surface area contributed by atoms with Gasteiger partial charge in [-0.05, 0) is 12.5 Å². The molecule has 0 spiro atoms. The Kier molecular flexibility index (Phi) is 5.50. The van der Waals surface area contributed by atoms with Gasteiger partial charge in [0.15, 0.2) is 10.8 Å². The molecule has 0 unspecified atom stereocenters. The van der Waals surface area contributed by atoms with Gasteiger partial charge in [-0.2, -0.15) is 4.98 Å². The second kappa shape index (κ2) is 8.36. The first-order chi connectivity index (χ1) is 13.3. The molecule has 0 radical (unpaired) electrons. The molecular weight excluding hydrogens is 362 g/mol. The molecule has 1 fully saturated rings. The van der Waals surface area contributed by atoms with Crippen molar-refractivity contribution in [3.8, 4) is 10.8 Å². The van der Waals surface area contributed by atoms with Gasteiger partial charge in [0.1, 0.15) is 5.82 Å². The van der Waals surface area contributed by atoms with Gasteiger partial charge in [-0.3, -0.25) is 0 Å². The fourth-order valence-electron chi connectivity index (χ4n) is 2.74. The smallest absolute Gasteiger partial charge is 0.227 e. The first-order valence-corrected chi connectivity index (χ1v) is 9.86.